The van der Waals surface area contributed by atoms with Crippen molar-refractivity contribution in [1.29, 1.82) is 0 Å². The van der Waals surface area contributed by atoms with Crippen molar-refractivity contribution in [3.8, 4) is 0 Å². The Hall–Kier alpha value is -0.680. The summed E-state index contributed by atoms with van der Waals surface area (Å²) in [6.07, 6.45) is 7.46. The predicted molar refractivity (Wildman–Crippen MR) is 77.3 cm³/mol. The van der Waals surface area contributed by atoms with Crippen molar-refractivity contribution in [2.24, 2.45) is 0 Å². The van der Waals surface area contributed by atoms with Gasteiger partial charge in [-0.15, -0.1) is 0 Å². The number of rotatable bonds is 7. The number of aryl methyl sites for hydroxylation is 1. The number of nitrogens with one attached hydrogen (secondary N) is 1. The van der Waals surface area contributed by atoms with E-state index in [1.54, 1.807) is 0 Å². The van der Waals surface area contributed by atoms with Crippen LogP contribution in [0.5, 0.6) is 0 Å². The normalized spacial score (nSPS) is 16.9. The minimum Gasteiger partial charge on any atom is -0.382 e. The molecule has 1 fully saturated rings. The summed E-state index contributed by atoms with van der Waals surface area (Å²) in [4.78, 5) is 4.41. The summed E-state index contributed by atoms with van der Waals surface area (Å²) in [5, 5.41) is 3.57. The number of thioether (sulfide) groups is 1. The number of ether oxygens (including phenoxy) is 1. The van der Waals surface area contributed by atoms with Gasteiger partial charge < -0.3 is 14.6 Å². The van der Waals surface area contributed by atoms with Crippen LogP contribution in [0.4, 0.5) is 5.95 Å². The minimum absolute atomic E-state index is 0.597. The van der Waals surface area contributed by atoms with E-state index in [1.807, 2.05) is 19.3 Å². The molecule has 4 nitrogen and oxygen atoms in total. The molecule has 0 saturated carbocycles. The van der Waals surface area contributed by atoms with Gasteiger partial charge in [-0.2, -0.15) is 11.8 Å². The molecule has 0 atom stereocenters. The van der Waals surface area contributed by atoms with Crippen molar-refractivity contribution in [3.05, 3.63) is 12.4 Å². The number of hydrogen-bond donors (Lipinski definition) is 1. The Labute approximate surface area is 114 Å². The Morgan fingerprint density at radius 1 is 1.50 bits per heavy atom. The first-order valence-electron chi connectivity index (χ1n) is 6.83. The van der Waals surface area contributed by atoms with Crippen molar-refractivity contribution >= 4 is 17.7 Å². The van der Waals surface area contributed by atoms with Gasteiger partial charge in [0.05, 0.1) is 0 Å². The third kappa shape index (κ3) is 4.21. The largest absolute Gasteiger partial charge is 0.382 e. The fraction of sp³-hybridized carbons (Fsp3) is 0.769. The van der Waals surface area contributed by atoms with Crippen LogP contribution in [0, 0.1) is 0 Å². The molecule has 102 valence electrons. The van der Waals surface area contributed by atoms with Crippen LogP contribution in [0.2, 0.25) is 0 Å². The monoisotopic (exact) mass is 269 g/mol. The zero-order valence-corrected chi connectivity index (χ0v) is 11.9. The van der Waals surface area contributed by atoms with Crippen molar-refractivity contribution in [2.45, 2.75) is 38.8 Å². The Balaban J connectivity index is 1.79. The second-order valence-electron chi connectivity index (χ2n) is 4.53. The lowest BCUT2D eigenvalue weighted by Crippen LogP contribution is -2.26. The van der Waals surface area contributed by atoms with Gasteiger partial charge >= 0.3 is 0 Å². The molecule has 0 aromatic carbocycles. The first-order chi connectivity index (χ1) is 8.90. The highest BCUT2D eigenvalue weighted by Crippen LogP contribution is 2.20. The maximum absolute atomic E-state index is 5.36. The summed E-state index contributed by atoms with van der Waals surface area (Å²) in [6, 6.07) is 0.597. The van der Waals surface area contributed by atoms with Crippen molar-refractivity contribution in [2.75, 3.05) is 30.0 Å². The summed E-state index contributed by atoms with van der Waals surface area (Å²) >= 11 is 2.05. The third-order valence-electron chi connectivity index (χ3n) is 3.16. The summed E-state index contributed by atoms with van der Waals surface area (Å²) in [6.45, 7) is 4.64. The van der Waals surface area contributed by atoms with Crippen LogP contribution < -0.4 is 5.32 Å². The van der Waals surface area contributed by atoms with E-state index in [2.05, 4.69) is 26.6 Å². The topological polar surface area (TPSA) is 39.1 Å². The Morgan fingerprint density at radius 2 is 2.33 bits per heavy atom. The van der Waals surface area contributed by atoms with Gasteiger partial charge in [0.25, 0.3) is 0 Å². The average molecular weight is 269 g/mol. The maximum Gasteiger partial charge on any atom is 0.202 e. The molecule has 0 aliphatic carbocycles. The first kappa shape index (κ1) is 13.7. The zero-order chi connectivity index (χ0) is 12.6. The standard InChI is InChI=1S/C13H23N3OS/c1-2-17-9-3-7-16-8-6-14-13(16)15-12-4-10-18-11-5-12/h6,8,12H,2-5,7,9-11H2,1H3,(H,14,15). The summed E-state index contributed by atoms with van der Waals surface area (Å²) in [7, 11) is 0. The molecular formula is C13H23N3OS. The fourth-order valence-electron chi connectivity index (χ4n) is 2.14. The molecule has 2 rings (SSSR count). The lowest BCUT2D eigenvalue weighted by molar-refractivity contribution is 0.142. The van der Waals surface area contributed by atoms with Gasteiger partial charge in [0, 0.05) is 38.2 Å². The number of imidazole rings is 1. The Kier molecular flexibility index (Phi) is 5.87. The van der Waals surface area contributed by atoms with Crippen LogP contribution in [-0.4, -0.2) is 40.3 Å². The van der Waals surface area contributed by atoms with Crippen LogP contribution in [-0.2, 0) is 11.3 Å². The van der Waals surface area contributed by atoms with Crippen LogP contribution in [0.3, 0.4) is 0 Å². The van der Waals surface area contributed by atoms with E-state index in [4.69, 9.17) is 4.74 Å². The number of anilines is 1. The molecule has 1 aliphatic rings. The molecule has 0 bridgehead atoms. The van der Waals surface area contributed by atoms with Crippen LogP contribution in [0.1, 0.15) is 26.2 Å². The van der Waals surface area contributed by atoms with E-state index in [0.717, 1.165) is 32.1 Å². The predicted octanol–water partition coefficient (Wildman–Crippen LogP) is 2.62. The summed E-state index contributed by atoms with van der Waals surface area (Å²) < 4.78 is 7.56. The summed E-state index contributed by atoms with van der Waals surface area (Å²) in [5.74, 6) is 3.55. The number of aromatic nitrogens is 2. The molecule has 1 saturated heterocycles. The van der Waals surface area contributed by atoms with Crippen LogP contribution in [0.25, 0.3) is 0 Å². The van der Waals surface area contributed by atoms with Crippen LogP contribution in [0.15, 0.2) is 12.4 Å². The number of nitrogens with zero attached hydrogens (tertiary/aromatic N) is 2. The third-order valence-corrected chi connectivity index (χ3v) is 4.21. The Bertz CT molecular complexity index is 337. The van der Waals surface area contributed by atoms with Crippen molar-refractivity contribution in [3.63, 3.8) is 0 Å². The second kappa shape index (κ2) is 7.69. The van der Waals surface area contributed by atoms with Gasteiger partial charge in [0.2, 0.25) is 5.95 Å². The minimum atomic E-state index is 0.597. The molecule has 0 amide bonds. The van der Waals surface area contributed by atoms with E-state index < -0.39 is 0 Å². The molecular weight excluding hydrogens is 246 g/mol. The summed E-state index contributed by atoms with van der Waals surface area (Å²) in [5.41, 5.74) is 0. The average Bonchev–Trinajstić information content (AvgIpc) is 2.83. The second-order valence-corrected chi connectivity index (χ2v) is 5.75. The van der Waals surface area contributed by atoms with Crippen LogP contribution >= 0.6 is 11.8 Å². The quantitative estimate of drug-likeness (QED) is 0.772. The molecule has 2 heterocycles. The molecule has 0 spiro atoms. The SMILES string of the molecule is CCOCCCn1ccnc1NC1CCSCC1. The lowest BCUT2D eigenvalue weighted by atomic mass is 10.2. The highest BCUT2D eigenvalue weighted by molar-refractivity contribution is 7.99. The molecule has 18 heavy (non-hydrogen) atoms. The molecule has 0 unspecified atom stereocenters. The van der Waals surface area contributed by atoms with Gasteiger partial charge in [-0.25, -0.2) is 4.98 Å². The zero-order valence-electron chi connectivity index (χ0n) is 11.1. The highest BCUT2D eigenvalue weighted by Gasteiger charge is 2.15. The molecule has 0 radical (unpaired) electrons. The maximum atomic E-state index is 5.36. The van der Waals surface area contributed by atoms with E-state index >= 15 is 0 Å². The molecule has 1 aromatic heterocycles. The van der Waals surface area contributed by atoms with Crippen molar-refractivity contribution in [1.82, 2.24) is 9.55 Å². The molecule has 1 aromatic rings. The van der Waals surface area contributed by atoms with Gasteiger partial charge in [0.1, 0.15) is 0 Å². The number of hydrogen-bond acceptors (Lipinski definition) is 4. The lowest BCUT2D eigenvalue weighted by Gasteiger charge is -2.23. The molecule has 1 N–H and O–H groups in total. The smallest absolute Gasteiger partial charge is 0.202 e. The molecule has 5 heteroatoms. The first-order valence-corrected chi connectivity index (χ1v) is 7.98. The van der Waals surface area contributed by atoms with Gasteiger partial charge in [-0.1, -0.05) is 0 Å². The van der Waals surface area contributed by atoms with E-state index in [0.29, 0.717) is 6.04 Å². The highest BCUT2D eigenvalue weighted by atomic mass is 32.2. The van der Waals surface area contributed by atoms with Crippen molar-refractivity contribution < 1.29 is 4.74 Å². The van der Waals surface area contributed by atoms with E-state index in [1.165, 1.54) is 24.3 Å². The fourth-order valence-corrected chi connectivity index (χ4v) is 3.24. The van der Waals surface area contributed by atoms with E-state index in [9.17, 15) is 0 Å². The van der Waals surface area contributed by atoms with E-state index in [-0.39, 0.29) is 0 Å². The van der Waals surface area contributed by atoms with Gasteiger partial charge in [-0.3, -0.25) is 0 Å². The van der Waals surface area contributed by atoms with Gasteiger partial charge in [-0.05, 0) is 37.7 Å². The molecule has 1 aliphatic heterocycles. The Morgan fingerprint density at radius 3 is 3.11 bits per heavy atom. The van der Waals surface area contributed by atoms with Gasteiger partial charge in [0.15, 0.2) is 0 Å².